The van der Waals surface area contributed by atoms with Crippen LogP contribution in [0.1, 0.15) is 37.2 Å². The Morgan fingerprint density at radius 2 is 1.93 bits per heavy atom. The van der Waals surface area contributed by atoms with E-state index in [1.807, 2.05) is 24.1 Å². The Morgan fingerprint density at radius 1 is 1.17 bits per heavy atom. The van der Waals surface area contributed by atoms with E-state index in [1.54, 1.807) is 25.3 Å². The van der Waals surface area contributed by atoms with Gasteiger partial charge < -0.3 is 13.9 Å². The minimum Gasteiger partial charge on any atom is -0.497 e. The minimum atomic E-state index is -0.539. The van der Waals surface area contributed by atoms with Crippen molar-refractivity contribution in [2.24, 2.45) is 5.92 Å². The highest BCUT2D eigenvalue weighted by molar-refractivity contribution is 6.23. The molecule has 7 heteroatoms. The Balaban J connectivity index is 1.49. The molecule has 1 aromatic heterocycles. The number of furan rings is 1. The third kappa shape index (κ3) is 3.62. The molecule has 0 bridgehead atoms. The molecule has 0 N–H and O–H groups in total. The van der Waals surface area contributed by atoms with Crippen LogP contribution in [0, 0.1) is 5.92 Å². The molecule has 2 aromatic rings. The number of methoxy groups -OCH3 is 2. The van der Waals surface area contributed by atoms with Gasteiger partial charge in [0.25, 0.3) is 5.91 Å². The molecule has 1 aliphatic carbocycles. The van der Waals surface area contributed by atoms with Gasteiger partial charge in [0, 0.05) is 12.0 Å². The molecule has 154 valence electrons. The number of likely N-dealkylation sites (N-methyl/N-ethyl adjacent to an activating group) is 1. The lowest BCUT2D eigenvalue weighted by atomic mass is 10.2. The first-order valence-corrected chi connectivity index (χ1v) is 9.80. The van der Waals surface area contributed by atoms with Gasteiger partial charge in [0.2, 0.25) is 5.91 Å². The van der Waals surface area contributed by atoms with Gasteiger partial charge in [0.05, 0.1) is 38.9 Å². The molecule has 2 aliphatic rings. The number of carbonyl (C=O) groups is 2. The molecule has 1 aromatic carbocycles. The number of anilines is 1. The number of amides is 2. The Labute approximate surface area is 170 Å². The summed E-state index contributed by atoms with van der Waals surface area (Å²) in [5.74, 6) is 3.52. The fraction of sp³-hybridized carbons (Fsp3) is 0.455. The molecular formula is C22H26N2O5. The van der Waals surface area contributed by atoms with Crippen molar-refractivity contribution < 1.29 is 23.5 Å². The third-order valence-corrected chi connectivity index (χ3v) is 5.85. The number of benzene rings is 1. The fourth-order valence-corrected chi connectivity index (χ4v) is 3.94. The summed E-state index contributed by atoms with van der Waals surface area (Å²) in [7, 11) is 4.89. The van der Waals surface area contributed by atoms with E-state index in [0.29, 0.717) is 35.6 Å². The summed E-state index contributed by atoms with van der Waals surface area (Å²) >= 11 is 0. The Morgan fingerprint density at radius 3 is 2.59 bits per heavy atom. The van der Waals surface area contributed by atoms with E-state index in [1.165, 1.54) is 12.0 Å². The molecule has 1 aliphatic heterocycles. The number of nitrogens with zero attached hydrogens (tertiary/aromatic N) is 2. The second-order valence-electron chi connectivity index (χ2n) is 7.86. The number of rotatable bonds is 7. The average Bonchev–Trinajstić information content (AvgIpc) is 3.13. The number of imide groups is 1. The number of ether oxygens (including phenoxy) is 2. The minimum absolute atomic E-state index is 0.123. The molecule has 7 nitrogen and oxygen atoms in total. The first-order chi connectivity index (χ1) is 13.9. The van der Waals surface area contributed by atoms with Gasteiger partial charge in [-0.1, -0.05) is 6.92 Å². The highest BCUT2D eigenvalue weighted by Gasteiger charge is 2.43. The van der Waals surface area contributed by atoms with Crippen LogP contribution in [0.4, 0.5) is 5.69 Å². The van der Waals surface area contributed by atoms with Gasteiger partial charge in [0.15, 0.2) is 0 Å². The molecule has 0 unspecified atom stereocenters. The lowest BCUT2D eigenvalue weighted by molar-refractivity contribution is -0.122. The van der Waals surface area contributed by atoms with Gasteiger partial charge in [-0.05, 0) is 43.7 Å². The average molecular weight is 398 g/mol. The van der Waals surface area contributed by atoms with Gasteiger partial charge in [-0.3, -0.25) is 14.5 Å². The van der Waals surface area contributed by atoms with Crippen LogP contribution in [0.2, 0.25) is 0 Å². The maximum absolute atomic E-state index is 13.1. The van der Waals surface area contributed by atoms with Gasteiger partial charge in [-0.2, -0.15) is 0 Å². The van der Waals surface area contributed by atoms with E-state index in [9.17, 15) is 9.59 Å². The number of hydrogen-bond donors (Lipinski definition) is 0. The van der Waals surface area contributed by atoms with Crippen LogP contribution < -0.4 is 14.4 Å². The van der Waals surface area contributed by atoms with Gasteiger partial charge in [-0.15, -0.1) is 0 Å². The van der Waals surface area contributed by atoms with E-state index in [2.05, 4.69) is 6.92 Å². The number of carbonyl (C=O) groups excluding carboxylic acids is 2. The zero-order chi connectivity index (χ0) is 20.7. The second-order valence-corrected chi connectivity index (χ2v) is 7.86. The molecule has 0 radical (unpaired) electrons. The highest BCUT2D eigenvalue weighted by Crippen LogP contribution is 2.47. The maximum atomic E-state index is 13.1. The Bertz CT molecular complexity index is 937. The SMILES string of the molecule is COc1ccc(N2C(=O)C[C@H](N(C)Cc3ccc([C@@H]4C[C@H]4C)o3)C2=O)c(OC)c1. The molecule has 0 spiro atoms. The zero-order valence-electron chi connectivity index (χ0n) is 17.2. The lowest BCUT2D eigenvalue weighted by Gasteiger charge is -2.22. The quantitative estimate of drug-likeness (QED) is 0.667. The standard InChI is InChI=1S/C22H26N2O5/c1-13-9-16(13)19-8-6-15(29-19)12-23(2)18-11-21(25)24(22(18)26)17-7-5-14(27-3)10-20(17)28-4/h5-8,10,13,16,18H,9,11-12H2,1-4H3/t13-,16-,18+/m1/s1. The highest BCUT2D eigenvalue weighted by atomic mass is 16.5. The van der Waals surface area contributed by atoms with Crippen molar-refractivity contribution in [3.8, 4) is 11.5 Å². The third-order valence-electron chi connectivity index (χ3n) is 5.85. The van der Waals surface area contributed by atoms with Crippen LogP contribution in [0.25, 0.3) is 0 Å². The predicted molar refractivity (Wildman–Crippen MR) is 107 cm³/mol. The summed E-state index contributed by atoms with van der Waals surface area (Å²) in [5, 5.41) is 0. The largest absolute Gasteiger partial charge is 0.497 e. The summed E-state index contributed by atoms with van der Waals surface area (Å²) in [6, 6.07) is 8.48. The van der Waals surface area contributed by atoms with Crippen molar-refractivity contribution in [2.75, 3.05) is 26.2 Å². The van der Waals surface area contributed by atoms with Gasteiger partial charge in [-0.25, -0.2) is 4.90 Å². The van der Waals surface area contributed by atoms with E-state index in [0.717, 1.165) is 17.9 Å². The van der Waals surface area contributed by atoms with Crippen molar-refractivity contribution in [3.05, 3.63) is 41.9 Å². The number of hydrogen-bond acceptors (Lipinski definition) is 6. The van der Waals surface area contributed by atoms with Crippen LogP contribution in [0.15, 0.2) is 34.7 Å². The van der Waals surface area contributed by atoms with Crippen molar-refractivity contribution >= 4 is 17.5 Å². The molecule has 2 fully saturated rings. The van der Waals surface area contributed by atoms with Crippen LogP contribution in [-0.2, 0) is 16.1 Å². The first-order valence-electron chi connectivity index (χ1n) is 9.80. The van der Waals surface area contributed by atoms with Crippen molar-refractivity contribution in [1.82, 2.24) is 4.90 Å². The van der Waals surface area contributed by atoms with Crippen molar-refractivity contribution in [2.45, 2.75) is 38.3 Å². The predicted octanol–water partition coefficient (Wildman–Crippen LogP) is 3.18. The van der Waals surface area contributed by atoms with E-state index in [4.69, 9.17) is 13.9 Å². The first kappa shape index (κ1) is 19.5. The van der Waals surface area contributed by atoms with Crippen LogP contribution in [-0.4, -0.2) is 44.0 Å². The maximum Gasteiger partial charge on any atom is 0.251 e. The normalized spacial score (nSPS) is 23.8. The smallest absolute Gasteiger partial charge is 0.251 e. The second kappa shape index (κ2) is 7.55. The molecule has 1 saturated heterocycles. The Hall–Kier alpha value is -2.80. The molecule has 4 rings (SSSR count). The summed E-state index contributed by atoms with van der Waals surface area (Å²) in [4.78, 5) is 28.8. The van der Waals surface area contributed by atoms with Gasteiger partial charge >= 0.3 is 0 Å². The van der Waals surface area contributed by atoms with Crippen molar-refractivity contribution in [1.29, 1.82) is 0 Å². The molecular weight excluding hydrogens is 372 g/mol. The zero-order valence-corrected chi connectivity index (χ0v) is 17.2. The summed E-state index contributed by atoms with van der Waals surface area (Å²) in [6.45, 7) is 2.68. The van der Waals surface area contributed by atoms with Crippen LogP contribution in [0.3, 0.4) is 0 Å². The Kier molecular flexibility index (Phi) is 5.08. The van der Waals surface area contributed by atoms with Crippen LogP contribution >= 0.6 is 0 Å². The fourth-order valence-electron chi connectivity index (χ4n) is 3.94. The topological polar surface area (TPSA) is 72.2 Å². The van der Waals surface area contributed by atoms with Gasteiger partial charge in [0.1, 0.15) is 23.0 Å². The summed E-state index contributed by atoms with van der Waals surface area (Å²) in [6.07, 6.45) is 1.29. The lowest BCUT2D eigenvalue weighted by Crippen LogP contribution is -2.39. The molecule has 3 atom stereocenters. The van der Waals surface area contributed by atoms with Crippen LogP contribution in [0.5, 0.6) is 11.5 Å². The molecule has 2 heterocycles. The molecule has 1 saturated carbocycles. The monoisotopic (exact) mass is 398 g/mol. The summed E-state index contributed by atoms with van der Waals surface area (Å²) in [5.41, 5.74) is 0.433. The van der Waals surface area contributed by atoms with E-state index in [-0.39, 0.29) is 18.2 Å². The summed E-state index contributed by atoms with van der Waals surface area (Å²) < 4.78 is 16.5. The van der Waals surface area contributed by atoms with E-state index >= 15 is 0 Å². The van der Waals surface area contributed by atoms with Crippen molar-refractivity contribution in [3.63, 3.8) is 0 Å². The van der Waals surface area contributed by atoms with E-state index < -0.39 is 6.04 Å². The molecule has 2 amide bonds. The molecule has 29 heavy (non-hydrogen) atoms.